The van der Waals surface area contributed by atoms with Crippen molar-refractivity contribution in [2.75, 3.05) is 6.61 Å². The number of aliphatic hydroxyl groups excluding tert-OH is 1. The van der Waals surface area contributed by atoms with Gasteiger partial charge in [-0.15, -0.1) is 0 Å². The van der Waals surface area contributed by atoms with Gasteiger partial charge < -0.3 is 24.1 Å². The maximum absolute atomic E-state index is 11.9. The van der Waals surface area contributed by atoms with Crippen molar-refractivity contribution in [1.82, 2.24) is 0 Å². The molecule has 25 heavy (non-hydrogen) atoms. The van der Waals surface area contributed by atoms with Gasteiger partial charge in [0.05, 0.1) is 0 Å². The summed E-state index contributed by atoms with van der Waals surface area (Å²) in [6.07, 6.45) is -7.91. The predicted molar refractivity (Wildman–Crippen MR) is 83.2 cm³/mol. The highest BCUT2D eigenvalue weighted by atomic mass is 79.9. The molecule has 0 unspecified atom stereocenters. The molecule has 0 heterocycles. The van der Waals surface area contributed by atoms with Crippen LogP contribution < -0.4 is 0 Å². The first-order chi connectivity index (χ1) is 13.6. The number of carbonyl (C=O) groups excluding carboxylic acids is 5. The van der Waals surface area contributed by atoms with Gasteiger partial charge >= 0.3 is 23.9 Å². The fourth-order valence-electron chi connectivity index (χ4n) is 1.63. The van der Waals surface area contributed by atoms with E-state index in [-0.39, 0.29) is 0 Å². The molecule has 0 radical (unpaired) electrons. The maximum atomic E-state index is 11.9. The number of carbonyl (C=O) groups is 5. The minimum Gasteiger partial charge on any atom is -0.463 e. The topological polar surface area (TPSA) is 143 Å². The van der Waals surface area contributed by atoms with Gasteiger partial charge in [-0.2, -0.15) is 0 Å². The molecule has 0 aliphatic heterocycles. The summed E-state index contributed by atoms with van der Waals surface area (Å²) in [6, 6.07) is 0. The van der Waals surface area contributed by atoms with Crippen molar-refractivity contribution in [1.29, 1.82) is 0 Å². The summed E-state index contributed by atoms with van der Waals surface area (Å²) < 4.78 is 45.6. The molecule has 0 aliphatic rings. The monoisotopic (exact) mass is 430 g/mol. The molecule has 11 heteroatoms. The van der Waals surface area contributed by atoms with Crippen LogP contribution in [0.1, 0.15) is 33.1 Å². The van der Waals surface area contributed by atoms with Crippen LogP contribution in [0.15, 0.2) is 0 Å². The average molecular weight is 431 g/mol. The summed E-state index contributed by atoms with van der Waals surface area (Å²) in [5.41, 5.74) is 0. The summed E-state index contributed by atoms with van der Waals surface area (Å²) >= 11 is 2.50. The van der Waals surface area contributed by atoms with Crippen molar-refractivity contribution in [3.63, 3.8) is 0 Å². The van der Waals surface area contributed by atoms with Crippen LogP contribution in [0.3, 0.4) is 0 Å². The van der Waals surface area contributed by atoms with E-state index >= 15 is 0 Å². The van der Waals surface area contributed by atoms with Gasteiger partial charge in [-0.1, -0.05) is 0 Å². The Kier molecular flexibility index (Phi) is 7.09. The molecule has 0 fully saturated rings. The smallest absolute Gasteiger partial charge is 0.303 e. The summed E-state index contributed by atoms with van der Waals surface area (Å²) in [7, 11) is 0. The fraction of sp³-hybridized carbons (Fsp3) is 0.643. The van der Waals surface area contributed by atoms with Crippen LogP contribution in [0.2, 0.25) is 0 Å². The van der Waals surface area contributed by atoms with Crippen LogP contribution >= 0.6 is 15.9 Å². The third-order valence-electron chi connectivity index (χ3n) is 2.43. The van der Waals surface area contributed by atoms with Crippen LogP contribution in [-0.2, 0) is 42.9 Å². The number of halogens is 1. The van der Waals surface area contributed by atoms with Crippen molar-refractivity contribution in [3.8, 4) is 0 Å². The first-order valence-electron chi connectivity index (χ1n) is 9.22. The van der Waals surface area contributed by atoms with E-state index < -0.39 is 87.2 Å². The Hall–Kier alpha value is -2.01. The molecule has 4 atom stereocenters. The summed E-state index contributed by atoms with van der Waals surface area (Å²) in [5, 5.41) is 10.3. The molecule has 1 N–H and O–H groups in total. The maximum Gasteiger partial charge on any atom is 0.303 e. The van der Waals surface area contributed by atoms with Crippen LogP contribution in [-0.4, -0.2) is 64.7 Å². The van der Waals surface area contributed by atoms with Crippen LogP contribution in [0.25, 0.3) is 0 Å². The minimum atomic E-state index is -2.01. The second kappa shape index (κ2) is 10.8. The van der Waals surface area contributed by atoms with Gasteiger partial charge in [0.25, 0.3) is 0 Å². The van der Waals surface area contributed by atoms with Gasteiger partial charge in [-0.3, -0.25) is 24.0 Å². The summed E-state index contributed by atoms with van der Waals surface area (Å²) in [6.45, 7) is -4.46. The van der Waals surface area contributed by atoms with E-state index in [4.69, 9.17) is 19.7 Å². The molecular formula is C14H19BrO10. The number of hydrogen-bond donors (Lipinski definition) is 1. The Morgan fingerprint density at radius 1 is 0.880 bits per heavy atom. The van der Waals surface area contributed by atoms with Gasteiger partial charge in [0, 0.05) is 33.1 Å². The van der Waals surface area contributed by atoms with Crippen LogP contribution in [0.5, 0.6) is 0 Å². The lowest BCUT2D eigenvalue weighted by Crippen LogP contribution is -2.53. The molecule has 142 valence electrons. The summed E-state index contributed by atoms with van der Waals surface area (Å²) in [4.78, 5) is 57.6. The van der Waals surface area contributed by atoms with E-state index in [0.717, 1.165) is 0 Å². The Morgan fingerprint density at radius 3 is 1.84 bits per heavy atom. The molecule has 0 saturated heterocycles. The highest BCUT2D eigenvalue weighted by Crippen LogP contribution is 2.20. The lowest BCUT2D eigenvalue weighted by Gasteiger charge is -2.32. The Morgan fingerprint density at radius 2 is 1.36 bits per heavy atom. The Labute approximate surface area is 157 Å². The average Bonchev–Trinajstić information content (AvgIpc) is 2.71. The molecule has 0 bridgehead atoms. The van der Waals surface area contributed by atoms with Gasteiger partial charge in [-0.25, -0.2) is 0 Å². The molecule has 0 rings (SSSR count). The minimum absolute atomic E-state index is 0.787. The normalized spacial score (nSPS) is 17.2. The van der Waals surface area contributed by atoms with E-state index in [2.05, 4.69) is 20.7 Å². The third kappa shape index (κ3) is 9.15. The molecular weight excluding hydrogens is 408 g/mol. The lowest BCUT2D eigenvalue weighted by atomic mass is 10.0. The lowest BCUT2D eigenvalue weighted by molar-refractivity contribution is -0.195. The molecule has 0 aliphatic carbocycles. The van der Waals surface area contributed by atoms with Crippen molar-refractivity contribution in [2.24, 2.45) is 0 Å². The van der Waals surface area contributed by atoms with Crippen molar-refractivity contribution in [3.05, 3.63) is 0 Å². The van der Waals surface area contributed by atoms with Gasteiger partial charge in [-0.05, 0) is 15.9 Å². The molecule has 0 aromatic heterocycles. The zero-order valence-electron chi connectivity index (χ0n) is 16.8. The quantitative estimate of drug-likeness (QED) is 0.292. The van der Waals surface area contributed by atoms with Crippen LogP contribution in [0.4, 0.5) is 0 Å². The number of rotatable bonds is 9. The van der Waals surface area contributed by atoms with Gasteiger partial charge in [0.1, 0.15) is 12.7 Å². The molecule has 0 saturated carbocycles. The zero-order valence-corrected chi connectivity index (χ0v) is 14.4. The van der Waals surface area contributed by atoms with E-state index in [1.54, 1.807) is 0 Å². The second-order valence-electron chi connectivity index (χ2n) is 4.37. The second-order valence-corrected chi connectivity index (χ2v) is 5.16. The summed E-state index contributed by atoms with van der Waals surface area (Å²) in [5.74, 6) is -4.77. The number of esters is 4. The molecule has 0 spiro atoms. The largest absolute Gasteiger partial charge is 0.463 e. The number of aliphatic hydroxyl groups is 1. The van der Waals surface area contributed by atoms with Gasteiger partial charge in [0.2, 0.25) is 10.8 Å². The highest BCUT2D eigenvalue weighted by Gasteiger charge is 2.44. The first kappa shape index (κ1) is 16.5. The predicted octanol–water partition coefficient (Wildman–Crippen LogP) is -0.373. The third-order valence-corrected chi connectivity index (χ3v) is 2.88. The molecule has 0 aromatic carbocycles. The van der Waals surface area contributed by atoms with E-state index in [9.17, 15) is 29.1 Å². The van der Waals surface area contributed by atoms with Crippen molar-refractivity contribution >= 4 is 44.5 Å². The fourth-order valence-corrected chi connectivity index (χ4v) is 1.98. The number of hydrogen-bond acceptors (Lipinski definition) is 10. The van der Waals surface area contributed by atoms with Crippen LogP contribution in [0, 0.1) is 0 Å². The SMILES string of the molecule is [2H]CC(=O)OC[C@@H](O)[C@@H](OC(=O)C[2H])[C@H](OC(=O)C[2H])[C@@H](OC(=O)C[2H])C(=O)Br. The highest BCUT2D eigenvalue weighted by molar-refractivity contribution is 9.18. The number of ether oxygens (including phenoxy) is 4. The molecule has 10 nitrogen and oxygen atoms in total. The Balaban J connectivity index is 5.96. The Bertz CT molecular complexity index is 605. The standard InChI is InChI=1S/C14H19BrO10/c1-6(16)22-5-10(20)11(23-7(2)17)12(24-8(3)18)13(14(15)21)25-9(4)19/h10-13,20H,5H2,1-4H3/t10-,11-,12+,13-/m1/s1/i1D,2D,3D,4D. The molecule has 0 amide bonds. The van der Waals surface area contributed by atoms with Crippen molar-refractivity contribution in [2.45, 2.75) is 52.0 Å². The van der Waals surface area contributed by atoms with Crippen molar-refractivity contribution < 1.29 is 53.5 Å². The van der Waals surface area contributed by atoms with E-state index in [1.807, 2.05) is 0 Å². The van der Waals surface area contributed by atoms with Gasteiger partial charge in [0.15, 0.2) is 12.2 Å². The van der Waals surface area contributed by atoms with E-state index in [1.165, 1.54) is 0 Å². The zero-order chi connectivity index (χ0) is 22.6. The first-order valence-corrected chi connectivity index (χ1v) is 7.18. The molecule has 0 aromatic rings. The van der Waals surface area contributed by atoms with E-state index in [0.29, 0.717) is 0 Å².